The lowest BCUT2D eigenvalue weighted by Gasteiger charge is -2.19. The monoisotopic (exact) mass is 304 g/mol. The van der Waals surface area contributed by atoms with Gasteiger partial charge in [-0.1, -0.05) is 30.2 Å². The third kappa shape index (κ3) is 5.39. The Morgan fingerprint density at radius 3 is 2.86 bits per heavy atom. The van der Waals surface area contributed by atoms with Crippen LogP contribution in [0.4, 0.5) is 0 Å². The van der Waals surface area contributed by atoms with E-state index in [0.29, 0.717) is 11.1 Å². The molecule has 1 aliphatic rings. The summed E-state index contributed by atoms with van der Waals surface area (Å²) in [6, 6.07) is 7.77. The molecule has 2 N–H and O–H groups in total. The van der Waals surface area contributed by atoms with Gasteiger partial charge in [-0.15, -0.1) is 5.73 Å². The van der Waals surface area contributed by atoms with E-state index < -0.39 is 0 Å². The first-order valence-corrected chi connectivity index (χ1v) is 7.75. The molecule has 0 spiro atoms. The summed E-state index contributed by atoms with van der Waals surface area (Å²) in [6.45, 7) is 2.99. The zero-order valence-corrected chi connectivity index (χ0v) is 13.0. The Kier molecular flexibility index (Phi) is 6.06. The minimum Gasteiger partial charge on any atom is -0.346 e. The van der Waals surface area contributed by atoms with Crippen molar-refractivity contribution in [3.8, 4) is 0 Å². The van der Waals surface area contributed by atoms with Crippen molar-refractivity contribution in [3.63, 3.8) is 0 Å². The third-order valence-electron chi connectivity index (χ3n) is 3.59. The fraction of sp³-hybridized carbons (Fsp3) is 0.412. The number of hydrogen-bond acceptors (Lipinski definition) is 2. The van der Waals surface area contributed by atoms with Gasteiger partial charge in [-0.2, -0.15) is 0 Å². The van der Waals surface area contributed by atoms with Crippen LogP contribution in [0.2, 0.25) is 5.02 Å². The van der Waals surface area contributed by atoms with E-state index in [4.69, 9.17) is 11.6 Å². The van der Waals surface area contributed by atoms with Crippen molar-refractivity contribution < 1.29 is 4.79 Å². The van der Waals surface area contributed by atoms with Crippen LogP contribution in [0, 0.1) is 0 Å². The number of halogens is 1. The zero-order valence-electron chi connectivity index (χ0n) is 12.2. The average molecular weight is 305 g/mol. The maximum Gasteiger partial charge on any atom is 0.252 e. The summed E-state index contributed by atoms with van der Waals surface area (Å²) < 4.78 is 0. The highest BCUT2D eigenvalue weighted by Gasteiger charge is 2.09. The summed E-state index contributed by atoms with van der Waals surface area (Å²) in [5.41, 5.74) is 4.00. The smallest absolute Gasteiger partial charge is 0.252 e. The van der Waals surface area contributed by atoms with Gasteiger partial charge >= 0.3 is 0 Å². The van der Waals surface area contributed by atoms with E-state index in [9.17, 15) is 4.79 Å². The first-order chi connectivity index (χ1) is 10.1. The number of nitrogens with one attached hydrogen (secondary N) is 2. The Hall–Kier alpha value is -1.54. The molecule has 0 unspecified atom stereocenters. The maximum absolute atomic E-state index is 11.8. The van der Waals surface area contributed by atoms with Gasteiger partial charge in [0.25, 0.3) is 5.91 Å². The second-order valence-corrected chi connectivity index (χ2v) is 5.75. The van der Waals surface area contributed by atoms with Gasteiger partial charge in [0.15, 0.2) is 0 Å². The van der Waals surface area contributed by atoms with Crippen LogP contribution in [0.25, 0.3) is 0 Å². The van der Waals surface area contributed by atoms with Gasteiger partial charge in [0.1, 0.15) is 0 Å². The molecule has 0 aliphatic carbocycles. The van der Waals surface area contributed by atoms with Crippen molar-refractivity contribution in [2.24, 2.45) is 0 Å². The van der Waals surface area contributed by atoms with E-state index >= 15 is 0 Å². The minimum absolute atomic E-state index is 0.0550. The molecule has 1 amide bonds. The van der Waals surface area contributed by atoms with Crippen LogP contribution in [0.3, 0.4) is 0 Å². The van der Waals surface area contributed by atoms with Crippen molar-refractivity contribution in [2.75, 3.05) is 6.54 Å². The van der Waals surface area contributed by atoms with Crippen LogP contribution in [0.5, 0.6) is 0 Å². The molecule has 1 saturated heterocycles. The van der Waals surface area contributed by atoms with E-state index in [1.807, 2.05) is 37.3 Å². The van der Waals surface area contributed by atoms with Crippen molar-refractivity contribution in [1.29, 1.82) is 0 Å². The number of benzene rings is 1. The Morgan fingerprint density at radius 1 is 1.43 bits per heavy atom. The van der Waals surface area contributed by atoms with Crippen molar-refractivity contribution in [2.45, 2.75) is 38.3 Å². The van der Waals surface area contributed by atoms with Gasteiger partial charge in [-0.3, -0.25) is 4.79 Å². The molecule has 21 heavy (non-hydrogen) atoms. The second kappa shape index (κ2) is 8.04. The lowest BCUT2D eigenvalue weighted by Crippen LogP contribution is -2.31. The summed E-state index contributed by atoms with van der Waals surface area (Å²) in [5.74, 6) is -0.135. The van der Waals surface area contributed by atoms with Crippen LogP contribution in [-0.4, -0.2) is 18.5 Å². The van der Waals surface area contributed by atoms with Gasteiger partial charge in [-0.25, -0.2) is 0 Å². The van der Waals surface area contributed by atoms with Crippen molar-refractivity contribution in [1.82, 2.24) is 10.6 Å². The summed E-state index contributed by atoms with van der Waals surface area (Å²) >= 11 is 5.85. The number of hydrogen-bond donors (Lipinski definition) is 2. The van der Waals surface area contributed by atoms with Gasteiger partial charge in [0.2, 0.25) is 0 Å². The van der Waals surface area contributed by atoms with E-state index in [-0.39, 0.29) is 11.9 Å². The molecule has 4 heteroatoms. The molecule has 3 nitrogen and oxygen atoms in total. The molecule has 2 rings (SSSR count). The van der Waals surface area contributed by atoms with Crippen molar-refractivity contribution in [3.05, 3.63) is 52.7 Å². The number of piperidine rings is 1. The van der Waals surface area contributed by atoms with Gasteiger partial charge < -0.3 is 10.6 Å². The van der Waals surface area contributed by atoms with Crippen LogP contribution in [0.15, 0.2) is 42.1 Å². The number of carbonyl (C=O) groups excluding carboxylic acids is 1. The van der Waals surface area contributed by atoms with Crippen molar-refractivity contribution >= 4 is 17.5 Å². The SMILES string of the molecule is C[C@H](NC(=O)C=C=C[C@H]1CCCCN1)c1ccc(Cl)cc1. The van der Waals surface area contributed by atoms with E-state index in [0.717, 1.165) is 18.5 Å². The first-order valence-electron chi connectivity index (χ1n) is 7.37. The predicted octanol–water partition coefficient (Wildman–Crippen LogP) is 3.37. The second-order valence-electron chi connectivity index (χ2n) is 5.32. The summed E-state index contributed by atoms with van der Waals surface area (Å²) in [6.07, 6.45) is 6.97. The molecule has 0 radical (unpaired) electrons. The first kappa shape index (κ1) is 15.8. The van der Waals surface area contributed by atoms with E-state index in [2.05, 4.69) is 16.4 Å². The summed E-state index contributed by atoms with van der Waals surface area (Å²) in [7, 11) is 0. The number of carbonyl (C=O) groups is 1. The Bertz CT molecular complexity index is 526. The van der Waals surface area contributed by atoms with Crippen LogP contribution in [-0.2, 0) is 4.79 Å². The number of amides is 1. The van der Waals surface area contributed by atoms with Crippen LogP contribution in [0.1, 0.15) is 37.8 Å². The molecule has 1 aliphatic heterocycles. The maximum atomic E-state index is 11.8. The zero-order chi connectivity index (χ0) is 15.1. The molecular formula is C17H21ClN2O. The molecule has 1 aromatic carbocycles. The minimum atomic E-state index is -0.135. The molecule has 2 atom stereocenters. The molecule has 0 saturated carbocycles. The summed E-state index contributed by atoms with van der Waals surface area (Å²) in [4.78, 5) is 11.8. The Labute approximate surface area is 131 Å². The molecule has 1 fully saturated rings. The average Bonchev–Trinajstić information content (AvgIpc) is 2.49. The molecule has 0 aromatic heterocycles. The van der Waals surface area contributed by atoms with Gasteiger partial charge in [-0.05, 0) is 50.1 Å². The predicted molar refractivity (Wildman–Crippen MR) is 86.3 cm³/mol. The lowest BCUT2D eigenvalue weighted by molar-refractivity contribution is -0.117. The highest BCUT2D eigenvalue weighted by molar-refractivity contribution is 6.30. The molecular weight excluding hydrogens is 284 g/mol. The standard InChI is InChI=1S/C17H21ClN2O/c1-13(14-8-10-15(18)11-9-14)20-17(21)7-4-6-16-5-2-3-12-19-16/h6-11,13,16,19H,2-3,5,12H2,1H3,(H,20,21)/t4?,13-,16+/m0/s1. The largest absolute Gasteiger partial charge is 0.346 e. The topological polar surface area (TPSA) is 41.1 Å². The fourth-order valence-electron chi connectivity index (χ4n) is 2.35. The molecule has 1 heterocycles. The lowest BCUT2D eigenvalue weighted by atomic mass is 10.1. The van der Waals surface area contributed by atoms with E-state index in [1.54, 1.807) is 0 Å². The fourth-order valence-corrected chi connectivity index (χ4v) is 2.48. The Balaban J connectivity index is 1.85. The highest BCUT2D eigenvalue weighted by atomic mass is 35.5. The van der Waals surface area contributed by atoms with E-state index in [1.165, 1.54) is 18.9 Å². The Morgan fingerprint density at radius 2 is 2.19 bits per heavy atom. The van der Waals surface area contributed by atoms with Crippen LogP contribution < -0.4 is 10.6 Å². The van der Waals surface area contributed by atoms with Crippen LogP contribution >= 0.6 is 11.6 Å². The number of rotatable bonds is 4. The summed E-state index contributed by atoms with van der Waals surface area (Å²) in [5, 5.41) is 6.99. The quantitative estimate of drug-likeness (QED) is 0.661. The van der Waals surface area contributed by atoms with Gasteiger partial charge in [0.05, 0.1) is 6.04 Å². The molecule has 112 valence electrons. The normalized spacial score (nSPS) is 19.2. The highest BCUT2D eigenvalue weighted by Crippen LogP contribution is 2.15. The molecule has 0 bridgehead atoms. The molecule has 1 aromatic rings. The van der Waals surface area contributed by atoms with Gasteiger partial charge in [0, 0.05) is 17.1 Å². The third-order valence-corrected chi connectivity index (χ3v) is 3.84.